The second-order valence-electron chi connectivity index (χ2n) is 33.4. The van der Waals surface area contributed by atoms with Crippen molar-refractivity contribution in [3.63, 3.8) is 0 Å². The van der Waals surface area contributed by atoms with Gasteiger partial charge in [-0.3, -0.25) is 28.2 Å². The van der Waals surface area contributed by atoms with Crippen molar-refractivity contribution in [1.82, 2.24) is 0 Å². The van der Waals surface area contributed by atoms with Gasteiger partial charge in [-0.2, -0.15) is 0 Å². The van der Waals surface area contributed by atoms with E-state index in [4.69, 9.17) is 46.9 Å². The maximum absolute atomic E-state index is 14.9. The molecule has 3 fully saturated rings. The summed E-state index contributed by atoms with van der Waals surface area (Å²) >= 11 is 0. The number of esters is 4. The highest BCUT2D eigenvalue weighted by Gasteiger charge is 2.60. The summed E-state index contributed by atoms with van der Waals surface area (Å²) in [6, 6.07) is 0. The summed E-state index contributed by atoms with van der Waals surface area (Å²) < 4.78 is 73.4. The van der Waals surface area contributed by atoms with Crippen LogP contribution in [0.25, 0.3) is 0 Å². The molecular formula is C90H165O25P. The number of hydrogen-bond acceptors (Lipinski definition) is 24. The van der Waals surface area contributed by atoms with E-state index < -0.39 is 162 Å². The maximum Gasteiger partial charge on any atom is 0.472 e. The first-order chi connectivity index (χ1) is 56.1. The number of unbranched alkanes of at least 4 members (excludes halogenated alkanes) is 42. The minimum absolute atomic E-state index is 0.00616. The van der Waals surface area contributed by atoms with Crippen molar-refractivity contribution >= 4 is 31.7 Å². The SMILES string of the molecule is CCCCCC/C=C\CCCCCCCCCC(=O)OCC(COP(=O)(O)OC1C(OC2OC(CO)C(O)C(O)C2O)C(O)C(O)C(OC(=O)CCCCCCCCC(C)CCCCCCCC)C1OC1OC(COC(=O)CCCCC/C=C\CCCCCCCC)C(O)C(O)C1O)OC(=O)CCCCCCCCCCCCCCC. The van der Waals surface area contributed by atoms with Crippen LogP contribution in [-0.2, 0) is 70.7 Å². The second-order valence-corrected chi connectivity index (χ2v) is 34.8. The number of carbonyl (C=O) groups is 4. The van der Waals surface area contributed by atoms with Crippen molar-refractivity contribution in [3.8, 4) is 0 Å². The minimum Gasteiger partial charge on any atom is -0.463 e. The van der Waals surface area contributed by atoms with E-state index in [1.54, 1.807) is 0 Å². The second kappa shape index (κ2) is 68.4. The zero-order chi connectivity index (χ0) is 84.8. The molecule has 3 rings (SSSR count). The molecule has 0 aromatic heterocycles. The Morgan fingerprint density at radius 3 is 1.13 bits per heavy atom. The Hall–Kier alpha value is -3.05. The van der Waals surface area contributed by atoms with Crippen molar-refractivity contribution in [1.29, 1.82) is 0 Å². The van der Waals surface area contributed by atoms with Crippen LogP contribution in [0.3, 0.4) is 0 Å². The number of allylic oxidation sites excluding steroid dienone is 4. The number of carbonyl (C=O) groups excluding carboxylic acids is 4. The quantitative estimate of drug-likeness (QED) is 0.00889. The van der Waals surface area contributed by atoms with E-state index in [0.717, 1.165) is 141 Å². The molecule has 0 radical (unpaired) electrons. The minimum atomic E-state index is -5.81. The van der Waals surface area contributed by atoms with E-state index in [0.29, 0.717) is 44.4 Å². The van der Waals surface area contributed by atoms with Gasteiger partial charge in [0.2, 0.25) is 0 Å². The van der Waals surface area contributed by atoms with Crippen LogP contribution in [0.1, 0.15) is 388 Å². The van der Waals surface area contributed by atoms with Crippen LogP contribution in [0.4, 0.5) is 0 Å². The van der Waals surface area contributed by atoms with Crippen LogP contribution in [-0.4, -0.2) is 205 Å². The average Bonchev–Trinajstić information content (AvgIpc) is 0.754. The number of ether oxygens (including phenoxy) is 8. The van der Waals surface area contributed by atoms with Gasteiger partial charge in [0.1, 0.15) is 92.6 Å². The number of phosphoric acid groups is 1. The highest BCUT2D eigenvalue weighted by atomic mass is 31.2. The van der Waals surface area contributed by atoms with Gasteiger partial charge in [0.05, 0.1) is 13.2 Å². The first kappa shape index (κ1) is 107. The highest BCUT2D eigenvalue weighted by Crippen LogP contribution is 2.49. The Labute approximate surface area is 698 Å². The molecule has 19 unspecified atom stereocenters. The lowest BCUT2D eigenvalue weighted by molar-refractivity contribution is -0.360. The lowest BCUT2D eigenvalue weighted by Crippen LogP contribution is -2.70. The zero-order valence-corrected chi connectivity index (χ0v) is 73.4. The normalized spacial score (nSPS) is 25.5. The van der Waals surface area contributed by atoms with Crippen LogP contribution < -0.4 is 0 Å². The lowest BCUT2D eigenvalue weighted by Gasteiger charge is -2.50. The van der Waals surface area contributed by atoms with E-state index in [2.05, 4.69) is 58.9 Å². The summed E-state index contributed by atoms with van der Waals surface area (Å²) in [6.45, 7) is 7.85. The molecule has 2 heterocycles. The van der Waals surface area contributed by atoms with Crippen LogP contribution in [0, 0.1) is 5.92 Å². The summed E-state index contributed by atoms with van der Waals surface area (Å²) in [5.41, 5.74) is 0. The van der Waals surface area contributed by atoms with Gasteiger partial charge in [0, 0.05) is 25.7 Å². The molecule has 3 aliphatic rings. The van der Waals surface area contributed by atoms with Gasteiger partial charge in [-0.05, 0) is 83.0 Å². The van der Waals surface area contributed by atoms with Crippen molar-refractivity contribution in [2.45, 2.75) is 492 Å². The molecule has 0 bridgehead atoms. The van der Waals surface area contributed by atoms with Gasteiger partial charge in [-0.25, -0.2) is 4.57 Å². The first-order valence-electron chi connectivity index (χ1n) is 46.5. The molecule has 2 aliphatic heterocycles. The lowest BCUT2D eigenvalue weighted by atomic mass is 9.84. The van der Waals surface area contributed by atoms with Gasteiger partial charge < -0.3 is 88.7 Å². The summed E-state index contributed by atoms with van der Waals surface area (Å²) in [5.74, 6) is -2.36. The third kappa shape index (κ3) is 48.7. The van der Waals surface area contributed by atoms with Crippen molar-refractivity contribution in [3.05, 3.63) is 24.3 Å². The third-order valence-electron chi connectivity index (χ3n) is 22.8. The number of aliphatic hydroxyl groups is 9. The Kier molecular flexibility index (Phi) is 63.2. The predicted octanol–water partition coefficient (Wildman–Crippen LogP) is 16.8. The molecule has 0 spiro atoms. The largest absolute Gasteiger partial charge is 0.472 e. The van der Waals surface area contributed by atoms with Crippen molar-refractivity contribution < 1.29 is 122 Å². The monoisotopic (exact) mass is 1680 g/mol. The van der Waals surface area contributed by atoms with Crippen molar-refractivity contribution in [2.75, 3.05) is 26.4 Å². The molecular weight excluding hydrogens is 1510 g/mol. The fraction of sp³-hybridized carbons (Fsp3) is 0.911. The van der Waals surface area contributed by atoms with E-state index in [-0.39, 0.29) is 25.7 Å². The summed E-state index contributed by atoms with van der Waals surface area (Å²) in [4.78, 5) is 66.4. The van der Waals surface area contributed by atoms with E-state index in [1.807, 2.05) is 0 Å². The van der Waals surface area contributed by atoms with E-state index in [1.165, 1.54) is 148 Å². The predicted molar refractivity (Wildman–Crippen MR) is 449 cm³/mol. The number of hydrogen-bond donors (Lipinski definition) is 10. The molecule has 26 heteroatoms. The van der Waals surface area contributed by atoms with Gasteiger partial charge in [0.25, 0.3) is 0 Å². The molecule has 0 aromatic rings. The molecule has 2 saturated heterocycles. The Balaban J connectivity index is 1.94. The molecule has 0 aromatic carbocycles. The van der Waals surface area contributed by atoms with Gasteiger partial charge >= 0.3 is 31.7 Å². The number of phosphoric ester groups is 1. The van der Waals surface area contributed by atoms with E-state index >= 15 is 0 Å². The molecule has 116 heavy (non-hydrogen) atoms. The van der Waals surface area contributed by atoms with Crippen LogP contribution in [0.15, 0.2) is 24.3 Å². The van der Waals surface area contributed by atoms with Crippen LogP contribution in [0.2, 0.25) is 0 Å². The van der Waals surface area contributed by atoms with Gasteiger partial charge in [-0.15, -0.1) is 0 Å². The molecule has 10 N–H and O–H groups in total. The summed E-state index contributed by atoms with van der Waals surface area (Å²) in [5, 5.41) is 102. The topological polar surface area (TPSA) is 380 Å². The Morgan fingerprint density at radius 1 is 0.362 bits per heavy atom. The average molecular weight is 1680 g/mol. The standard InChI is InChI=1S/C90H165O25P/c1-6-10-14-18-22-25-28-31-32-35-37-39-42-49-55-61-73(92)106-66-70(109-75(94)63-57-51-44-41-38-34-30-27-24-20-16-12-8-3)67-108-116(104,105)115-88-86(113-89-83(102)79(98)77(96)71(65-91)110-89)82(101)81(100)85(112-76(95)64-58-52-46-45-48-54-60-69(5)59-53-47-21-17-13-9-4)87(88)114-90-84(103)80(99)78(97)72(111-90)68-107-74(93)62-56-50-43-40-36-33-29-26-23-19-15-11-7-2/h25,28,33,36,69-72,77-91,96-103H,6-24,26-27,29-32,34-35,37-68H2,1-5H3,(H,104,105)/b28-25-,36-33-. The molecule has 19 atom stereocenters. The Morgan fingerprint density at radius 2 is 0.698 bits per heavy atom. The van der Waals surface area contributed by atoms with Gasteiger partial charge in [0.15, 0.2) is 24.8 Å². The van der Waals surface area contributed by atoms with Gasteiger partial charge in [-0.1, -0.05) is 309 Å². The van der Waals surface area contributed by atoms with E-state index in [9.17, 15) is 74.6 Å². The summed E-state index contributed by atoms with van der Waals surface area (Å²) in [6.07, 6.45) is 26.2. The van der Waals surface area contributed by atoms with Crippen LogP contribution >= 0.6 is 7.82 Å². The maximum atomic E-state index is 14.9. The van der Waals surface area contributed by atoms with Crippen LogP contribution in [0.5, 0.6) is 0 Å². The van der Waals surface area contributed by atoms with Crippen molar-refractivity contribution in [2.24, 2.45) is 5.92 Å². The zero-order valence-electron chi connectivity index (χ0n) is 72.5. The highest BCUT2D eigenvalue weighted by molar-refractivity contribution is 7.47. The molecule has 0 amide bonds. The molecule has 25 nitrogen and oxygen atoms in total. The molecule has 1 aliphatic carbocycles. The summed E-state index contributed by atoms with van der Waals surface area (Å²) in [7, 11) is -5.81. The number of rotatable bonds is 74. The Bertz CT molecular complexity index is 2530. The molecule has 1 saturated carbocycles. The smallest absolute Gasteiger partial charge is 0.463 e. The fourth-order valence-corrected chi connectivity index (χ4v) is 16.3. The first-order valence-corrected chi connectivity index (χ1v) is 48.0. The molecule has 680 valence electrons. The fourth-order valence-electron chi connectivity index (χ4n) is 15.3. The third-order valence-corrected chi connectivity index (χ3v) is 23.8. The number of aliphatic hydroxyl groups excluding tert-OH is 9.